The maximum atomic E-state index is 11.8. The minimum absolute atomic E-state index is 0.0246. The SMILES string of the molecule is CC(C)C(C)C(=O)NCc1sccc1C=CC(=O)O. The van der Waals surface area contributed by atoms with Gasteiger partial charge in [-0.25, -0.2) is 4.79 Å². The summed E-state index contributed by atoms with van der Waals surface area (Å²) in [5.41, 5.74) is 0.838. The maximum absolute atomic E-state index is 11.8. The van der Waals surface area contributed by atoms with E-state index in [2.05, 4.69) is 5.32 Å². The van der Waals surface area contributed by atoms with E-state index < -0.39 is 5.97 Å². The Morgan fingerprint density at radius 1 is 1.42 bits per heavy atom. The van der Waals surface area contributed by atoms with Crippen LogP contribution in [0, 0.1) is 11.8 Å². The van der Waals surface area contributed by atoms with Gasteiger partial charge in [0.15, 0.2) is 0 Å². The molecule has 0 aromatic carbocycles. The fraction of sp³-hybridized carbons (Fsp3) is 0.429. The summed E-state index contributed by atoms with van der Waals surface area (Å²) in [5.74, 6) is -0.682. The van der Waals surface area contributed by atoms with Gasteiger partial charge in [-0.1, -0.05) is 20.8 Å². The van der Waals surface area contributed by atoms with Gasteiger partial charge in [0.2, 0.25) is 5.91 Å². The first-order valence-corrected chi connectivity index (χ1v) is 7.05. The van der Waals surface area contributed by atoms with Crippen LogP contribution in [0.25, 0.3) is 6.08 Å². The quantitative estimate of drug-likeness (QED) is 0.788. The molecule has 0 saturated carbocycles. The summed E-state index contributed by atoms with van der Waals surface area (Å²) in [6.45, 7) is 6.36. The number of thiophene rings is 1. The summed E-state index contributed by atoms with van der Waals surface area (Å²) in [6, 6.07) is 1.84. The molecule has 0 aliphatic rings. The molecule has 0 bridgehead atoms. The number of amides is 1. The molecule has 1 aromatic rings. The summed E-state index contributed by atoms with van der Waals surface area (Å²) in [7, 11) is 0. The highest BCUT2D eigenvalue weighted by Gasteiger charge is 2.16. The van der Waals surface area contributed by atoms with Crippen LogP contribution in [0.15, 0.2) is 17.5 Å². The molecule has 5 heteroatoms. The molecule has 0 spiro atoms. The van der Waals surface area contributed by atoms with Crippen molar-refractivity contribution >= 4 is 29.3 Å². The summed E-state index contributed by atoms with van der Waals surface area (Å²) in [5, 5.41) is 13.4. The lowest BCUT2D eigenvalue weighted by Gasteiger charge is -2.15. The Labute approximate surface area is 117 Å². The Bertz CT molecular complexity index is 477. The lowest BCUT2D eigenvalue weighted by molar-refractivity contribution is -0.131. The number of carbonyl (C=O) groups excluding carboxylic acids is 1. The highest BCUT2D eigenvalue weighted by molar-refractivity contribution is 7.10. The van der Waals surface area contributed by atoms with Crippen LogP contribution in [-0.4, -0.2) is 17.0 Å². The molecular formula is C14H19NO3S. The van der Waals surface area contributed by atoms with Crippen molar-refractivity contribution in [1.29, 1.82) is 0 Å². The third kappa shape index (κ3) is 4.87. The molecule has 0 fully saturated rings. The minimum Gasteiger partial charge on any atom is -0.478 e. The molecule has 0 aliphatic carbocycles. The first kappa shape index (κ1) is 15.4. The number of aliphatic carboxylic acids is 1. The van der Waals surface area contributed by atoms with Gasteiger partial charge in [0.05, 0.1) is 6.54 Å². The van der Waals surface area contributed by atoms with Crippen molar-refractivity contribution in [3.05, 3.63) is 28.0 Å². The third-order valence-corrected chi connectivity index (χ3v) is 3.96. The van der Waals surface area contributed by atoms with E-state index in [1.165, 1.54) is 11.3 Å². The molecule has 1 atom stereocenters. The van der Waals surface area contributed by atoms with Gasteiger partial charge in [0.1, 0.15) is 0 Å². The Morgan fingerprint density at radius 2 is 2.11 bits per heavy atom. The van der Waals surface area contributed by atoms with Gasteiger partial charge < -0.3 is 10.4 Å². The van der Waals surface area contributed by atoms with Crippen LogP contribution in [0.2, 0.25) is 0 Å². The van der Waals surface area contributed by atoms with Crippen molar-refractivity contribution < 1.29 is 14.7 Å². The van der Waals surface area contributed by atoms with E-state index in [0.717, 1.165) is 16.5 Å². The minimum atomic E-state index is -0.977. The predicted molar refractivity (Wildman–Crippen MR) is 76.8 cm³/mol. The van der Waals surface area contributed by atoms with Gasteiger partial charge >= 0.3 is 5.97 Å². The number of hydrogen-bond acceptors (Lipinski definition) is 3. The lowest BCUT2D eigenvalue weighted by atomic mass is 9.97. The number of carbonyl (C=O) groups is 2. The molecule has 1 heterocycles. The highest BCUT2D eigenvalue weighted by Crippen LogP contribution is 2.18. The Morgan fingerprint density at radius 3 is 2.68 bits per heavy atom. The Hall–Kier alpha value is -1.62. The van der Waals surface area contributed by atoms with Crippen molar-refractivity contribution in [1.82, 2.24) is 5.32 Å². The first-order chi connectivity index (χ1) is 8.91. The molecule has 1 rings (SSSR count). The Balaban J connectivity index is 2.61. The van der Waals surface area contributed by atoms with Crippen LogP contribution < -0.4 is 5.32 Å². The standard InChI is InChI=1S/C14H19NO3S/c1-9(2)10(3)14(18)15-8-12-11(6-7-19-12)4-5-13(16)17/h4-7,9-10H,8H2,1-3H3,(H,15,18)(H,16,17). The average Bonchev–Trinajstić information content (AvgIpc) is 2.79. The van der Waals surface area contributed by atoms with Crippen molar-refractivity contribution in [2.45, 2.75) is 27.3 Å². The topological polar surface area (TPSA) is 66.4 Å². The molecule has 4 nitrogen and oxygen atoms in total. The van der Waals surface area contributed by atoms with E-state index in [4.69, 9.17) is 5.11 Å². The zero-order chi connectivity index (χ0) is 14.4. The van der Waals surface area contributed by atoms with Crippen molar-refractivity contribution in [3.63, 3.8) is 0 Å². The van der Waals surface area contributed by atoms with Gasteiger partial charge in [0, 0.05) is 16.9 Å². The molecule has 1 aromatic heterocycles. The van der Waals surface area contributed by atoms with Gasteiger partial charge in [-0.15, -0.1) is 11.3 Å². The smallest absolute Gasteiger partial charge is 0.328 e. The normalized spacial score (nSPS) is 12.8. The van der Waals surface area contributed by atoms with Crippen molar-refractivity contribution in [2.75, 3.05) is 0 Å². The van der Waals surface area contributed by atoms with Crippen LogP contribution in [0.4, 0.5) is 0 Å². The molecule has 0 saturated heterocycles. The van der Waals surface area contributed by atoms with E-state index in [1.807, 2.05) is 32.2 Å². The van der Waals surface area contributed by atoms with Crippen LogP contribution in [0.3, 0.4) is 0 Å². The molecule has 104 valence electrons. The largest absolute Gasteiger partial charge is 0.478 e. The lowest BCUT2D eigenvalue weighted by Crippen LogP contribution is -2.31. The average molecular weight is 281 g/mol. The van der Waals surface area contributed by atoms with Crippen LogP contribution >= 0.6 is 11.3 Å². The second-order valence-corrected chi connectivity index (χ2v) is 5.72. The predicted octanol–water partition coefficient (Wildman–Crippen LogP) is 2.75. The molecule has 0 aliphatic heterocycles. The van der Waals surface area contributed by atoms with Gasteiger partial charge in [0.25, 0.3) is 0 Å². The van der Waals surface area contributed by atoms with Gasteiger partial charge in [-0.3, -0.25) is 4.79 Å². The number of carboxylic acid groups (broad SMARTS) is 1. The molecule has 1 unspecified atom stereocenters. The zero-order valence-corrected chi connectivity index (χ0v) is 12.2. The van der Waals surface area contributed by atoms with Crippen molar-refractivity contribution in [3.8, 4) is 0 Å². The van der Waals surface area contributed by atoms with E-state index >= 15 is 0 Å². The van der Waals surface area contributed by atoms with E-state index in [1.54, 1.807) is 6.08 Å². The summed E-state index contributed by atoms with van der Waals surface area (Å²) < 4.78 is 0. The van der Waals surface area contributed by atoms with E-state index in [9.17, 15) is 9.59 Å². The van der Waals surface area contributed by atoms with E-state index in [0.29, 0.717) is 12.5 Å². The second-order valence-electron chi connectivity index (χ2n) is 4.72. The van der Waals surface area contributed by atoms with Crippen LogP contribution in [0.5, 0.6) is 0 Å². The zero-order valence-electron chi connectivity index (χ0n) is 11.3. The molecular weight excluding hydrogens is 262 g/mol. The number of nitrogens with one attached hydrogen (secondary N) is 1. The molecule has 1 amide bonds. The summed E-state index contributed by atoms with van der Waals surface area (Å²) in [4.78, 5) is 23.3. The van der Waals surface area contributed by atoms with Crippen LogP contribution in [0.1, 0.15) is 31.2 Å². The van der Waals surface area contributed by atoms with E-state index in [-0.39, 0.29) is 11.8 Å². The van der Waals surface area contributed by atoms with Gasteiger partial charge in [-0.2, -0.15) is 0 Å². The number of carboxylic acids is 1. The maximum Gasteiger partial charge on any atom is 0.328 e. The molecule has 19 heavy (non-hydrogen) atoms. The second kappa shape index (κ2) is 7.09. The van der Waals surface area contributed by atoms with Gasteiger partial charge in [-0.05, 0) is 29.0 Å². The summed E-state index contributed by atoms with van der Waals surface area (Å²) >= 11 is 1.50. The summed E-state index contributed by atoms with van der Waals surface area (Å²) in [6.07, 6.45) is 2.65. The third-order valence-electron chi connectivity index (χ3n) is 3.02. The Kier molecular flexibility index (Phi) is 5.76. The monoisotopic (exact) mass is 281 g/mol. The van der Waals surface area contributed by atoms with Crippen LogP contribution in [-0.2, 0) is 16.1 Å². The molecule has 0 radical (unpaired) electrons. The fourth-order valence-electron chi connectivity index (χ4n) is 1.43. The molecule has 2 N–H and O–H groups in total. The number of rotatable bonds is 6. The van der Waals surface area contributed by atoms with Crippen molar-refractivity contribution in [2.24, 2.45) is 11.8 Å². The number of hydrogen-bond donors (Lipinski definition) is 2. The first-order valence-electron chi connectivity index (χ1n) is 6.17. The highest BCUT2D eigenvalue weighted by atomic mass is 32.1. The fourth-order valence-corrected chi connectivity index (χ4v) is 2.24.